The molecule has 0 spiro atoms. The van der Waals surface area contributed by atoms with Gasteiger partial charge in [-0.3, -0.25) is 4.79 Å². The summed E-state index contributed by atoms with van der Waals surface area (Å²) in [6.07, 6.45) is 4.04. The molecule has 0 unspecified atom stereocenters. The summed E-state index contributed by atoms with van der Waals surface area (Å²) < 4.78 is 0. The summed E-state index contributed by atoms with van der Waals surface area (Å²) in [5.74, 6) is 0.935. The second-order valence-corrected chi connectivity index (χ2v) is 5.54. The maximum absolute atomic E-state index is 12.1. The predicted octanol–water partition coefficient (Wildman–Crippen LogP) is 3.06. The molecule has 0 aliphatic rings. The summed E-state index contributed by atoms with van der Waals surface area (Å²) in [6, 6.07) is 8.66. The smallest absolute Gasteiger partial charge is 0.275 e. The Morgan fingerprint density at radius 1 is 1.22 bits per heavy atom. The molecular formula is C17H19N5O. The van der Waals surface area contributed by atoms with Crippen LogP contribution in [0.3, 0.4) is 0 Å². The van der Waals surface area contributed by atoms with E-state index in [1.165, 1.54) is 6.20 Å². The van der Waals surface area contributed by atoms with Crippen LogP contribution in [-0.4, -0.2) is 22.4 Å². The summed E-state index contributed by atoms with van der Waals surface area (Å²) in [5.41, 5.74) is 1.39. The van der Waals surface area contributed by atoms with Crippen LogP contribution in [0, 0.1) is 17.2 Å². The van der Waals surface area contributed by atoms with Crippen LogP contribution in [0.1, 0.15) is 36.3 Å². The molecule has 0 aliphatic heterocycles. The second-order valence-electron chi connectivity index (χ2n) is 5.54. The molecule has 2 N–H and O–H groups in total. The van der Waals surface area contributed by atoms with Crippen molar-refractivity contribution in [2.24, 2.45) is 5.92 Å². The molecule has 0 saturated carbocycles. The number of benzene rings is 1. The van der Waals surface area contributed by atoms with E-state index >= 15 is 0 Å². The summed E-state index contributed by atoms with van der Waals surface area (Å²) in [4.78, 5) is 20.4. The van der Waals surface area contributed by atoms with Crippen molar-refractivity contribution in [2.45, 2.75) is 20.3 Å². The van der Waals surface area contributed by atoms with Gasteiger partial charge in [-0.15, -0.1) is 0 Å². The van der Waals surface area contributed by atoms with Crippen molar-refractivity contribution < 1.29 is 4.79 Å². The van der Waals surface area contributed by atoms with E-state index in [0.717, 1.165) is 13.0 Å². The Labute approximate surface area is 135 Å². The summed E-state index contributed by atoms with van der Waals surface area (Å²) >= 11 is 0. The molecule has 2 aromatic rings. The molecule has 0 bridgehead atoms. The van der Waals surface area contributed by atoms with Gasteiger partial charge in [0.15, 0.2) is 0 Å². The Morgan fingerprint density at radius 3 is 2.52 bits per heavy atom. The van der Waals surface area contributed by atoms with Gasteiger partial charge in [0.2, 0.25) is 0 Å². The lowest BCUT2D eigenvalue weighted by atomic mass is 10.1. The molecule has 23 heavy (non-hydrogen) atoms. The van der Waals surface area contributed by atoms with Crippen molar-refractivity contribution in [2.75, 3.05) is 17.2 Å². The fourth-order valence-corrected chi connectivity index (χ4v) is 1.85. The minimum Gasteiger partial charge on any atom is -0.369 e. The second kappa shape index (κ2) is 7.90. The minimum absolute atomic E-state index is 0.240. The molecule has 118 valence electrons. The third-order valence-corrected chi connectivity index (χ3v) is 3.18. The number of carbonyl (C=O) groups excluding carboxylic acids is 1. The van der Waals surface area contributed by atoms with Crippen LogP contribution in [0.5, 0.6) is 0 Å². The minimum atomic E-state index is -0.337. The number of nitrogens with one attached hydrogen (secondary N) is 2. The van der Waals surface area contributed by atoms with Gasteiger partial charge in [-0.25, -0.2) is 9.97 Å². The molecule has 0 aliphatic carbocycles. The fraction of sp³-hybridized carbons (Fsp3) is 0.294. The van der Waals surface area contributed by atoms with Crippen LogP contribution in [0.15, 0.2) is 36.7 Å². The van der Waals surface area contributed by atoms with Gasteiger partial charge in [0.05, 0.1) is 24.0 Å². The first kappa shape index (κ1) is 16.4. The van der Waals surface area contributed by atoms with Gasteiger partial charge in [0.25, 0.3) is 5.91 Å². The van der Waals surface area contributed by atoms with Crippen LogP contribution in [0.4, 0.5) is 11.5 Å². The molecule has 2 rings (SSSR count). The molecule has 1 heterocycles. The molecule has 1 amide bonds. The Balaban J connectivity index is 1.93. The predicted molar refractivity (Wildman–Crippen MR) is 89.1 cm³/mol. The van der Waals surface area contributed by atoms with Crippen LogP contribution in [0.2, 0.25) is 0 Å². The van der Waals surface area contributed by atoms with Crippen molar-refractivity contribution in [3.05, 3.63) is 47.9 Å². The van der Waals surface area contributed by atoms with E-state index in [1.807, 2.05) is 6.07 Å². The first-order valence-electron chi connectivity index (χ1n) is 7.46. The lowest BCUT2D eigenvalue weighted by molar-refractivity contribution is 0.102. The third-order valence-electron chi connectivity index (χ3n) is 3.18. The number of nitrogens with zero attached hydrogens (tertiary/aromatic N) is 3. The van der Waals surface area contributed by atoms with Crippen molar-refractivity contribution >= 4 is 17.4 Å². The number of carbonyl (C=O) groups is 1. The SMILES string of the molecule is CC(C)CCNc1cnc(C(=O)Nc2ccc(C#N)cc2)cn1. The number of hydrogen-bond donors (Lipinski definition) is 2. The van der Waals surface area contributed by atoms with Crippen molar-refractivity contribution in [1.29, 1.82) is 5.26 Å². The average molecular weight is 309 g/mol. The highest BCUT2D eigenvalue weighted by Gasteiger charge is 2.08. The fourth-order valence-electron chi connectivity index (χ4n) is 1.85. The summed E-state index contributed by atoms with van der Waals surface area (Å²) in [6.45, 7) is 5.14. The van der Waals surface area contributed by atoms with Crippen LogP contribution >= 0.6 is 0 Å². The van der Waals surface area contributed by atoms with E-state index in [1.54, 1.807) is 30.5 Å². The quantitative estimate of drug-likeness (QED) is 0.855. The molecule has 0 radical (unpaired) electrons. The van der Waals surface area contributed by atoms with E-state index in [0.29, 0.717) is 23.0 Å². The summed E-state index contributed by atoms with van der Waals surface area (Å²) in [5, 5.41) is 14.6. The topological polar surface area (TPSA) is 90.7 Å². The first-order valence-corrected chi connectivity index (χ1v) is 7.46. The normalized spacial score (nSPS) is 10.2. The monoisotopic (exact) mass is 309 g/mol. The summed E-state index contributed by atoms with van der Waals surface area (Å²) in [7, 11) is 0. The van der Waals surface area contributed by atoms with E-state index in [9.17, 15) is 4.79 Å². The number of amides is 1. The molecule has 0 atom stereocenters. The maximum Gasteiger partial charge on any atom is 0.275 e. The van der Waals surface area contributed by atoms with Gasteiger partial charge in [-0.1, -0.05) is 13.8 Å². The van der Waals surface area contributed by atoms with Crippen LogP contribution < -0.4 is 10.6 Å². The molecule has 1 aromatic heterocycles. The zero-order valence-electron chi connectivity index (χ0n) is 13.2. The standard InChI is InChI=1S/C17H19N5O/c1-12(2)7-8-19-16-11-20-15(10-21-16)17(23)22-14-5-3-13(9-18)4-6-14/h3-6,10-12H,7-8H2,1-2H3,(H,19,21)(H,22,23). The zero-order chi connectivity index (χ0) is 16.7. The van der Waals surface area contributed by atoms with Crippen LogP contribution in [0.25, 0.3) is 0 Å². The van der Waals surface area contributed by atoms with Gasteiger partial charge in [0.1, 0.15) is 11.5 Å². The Bertz CT molecular complexity index is 686. The van der Waals surface area contributed by atoms with Crippen molar-refractivity contribution in [1.82, 2.24) is 9.97 Å². The van der Waals surface area contributed by atoms with E-state index < -0.39 is 0 Å². The first-order chi connectivity index (χ1) is 11.1. The van der Waals surface area contributed by atoms with Gasteiger partial charge in [-0.2, -0.15) is 5.26 Å². The molecule has 0 fully saturated rings. The zero-order valence-corrected chi connectivity index (χ0v) is 13.2. The molecule has 0 saturated heterocycles. The highest BCUT2D eigenvalue weighted by atomic mass is 16.1. The average Bonchev–Trinajstić information content (AvgIpc) is 2.56. The highest BCUT2D eigenvalue weighted by Crippen LogP contribution is 2.10. The number of nitriles is 1. The lowest BCUT2D eigenvalue weighted by Gasteiger charge is -2.08. The third kappa shape index (κ3) is 5.08. The van der Waals surface area contributed by atoms with E-state index in [-0.39, 0.29) is 11.6 Å². The van der Waals surface area contributed by atoms with Gasteiger partial charge in [-0.05, 0) is 36.6 Å². The van der Waals surface area contributed by atoms with E-state index in [2.05, 4.69) is 34.4 Å². The lowest BCUT2D eigenvalue weighted by Crippen LogP contribution is -2.14. The Kier molecular flexibility index (Phi) is 5.64. The van der Waals surface area contributed by atoms with Crippen molar-refractivity contribution in [3.8, 4) is 6.07 Å². The van der Waals surface area contributed by atoms with Gasteiger partial charge < -0.3 is 10.6 Å². The largest absolute Gasteiger partial charge is 0.369 e. The number of rotatable bonds is 6. The Morgan fingerprint density at radius 2 is 1.96 bits per heavy atom. The number of aromatic nitrogens is 2. The van der Waals surface area contributed by atoms with Crippen molar-refractivity contribution in [3.63, 3.8) is 0 Å². The molecule has 6 nitrogen and oxygen atoms in total. The molecular weight excluding hydrogens is 290 g/mol. The maximum atomic E-state index is 12.1. The highest BCUT2D eigenvalue weighted by molar-refractivity contribution is 6.02. The Hall–Kier alpha value is -2.94. The van der Waals surface area contributed by atoms with Gasteiger partial charge in [0, 0.05) is 12.2 Å². The van der Waals surface area contributed by atoms with E-state index in [4.69, 9.17) is 5.26 Å². The van der Waals surface area contributed by atoms with Gasteiger partial charge >= 0.3 is 0 Å². The molecule has 1 aromatic carbocycles. The number of anilines is 2. The van der Waals surface area contributed by atoms with Crippen LogP contribution in [-0.2, 0) is 0 Å². The number of hydrogen-bond acceptors (Lipinski definition) is 5. The molecule has 6 heteroatoms.